The van der Waals surface area contributed by atoms with Crippen LogP contribution in [0.5, 0.6) is 0 Å². The average molecular weight is 554 g/mol. The van der Waals surface area contributed by atoms with E-state index >= 15 is 0 Å². The molecule has 0 fully saturated rings. The molecule has 0 bridgehead atoms. The fourth-order valence-corrected chi connectivity index (χ4v) is 3.84. The summed E-state index contributed by atoms with van der Waals surface area (Å²) in [6.45, 7) is 5.70. The van der Waals surface area contributed by atoms with Crippen molar-refractivity contribution in [2.24, 2.45) is 0 Å². The Morgan fingerprint density at radius 3 is 2.38 bits per heavy atom. The highest BCUT2D eigenvalue weighted by Crippen LogP contribution is 2.16. The number of esters is 1. The molecule has 39 heavy (non-hydrogen) atoms. The average Bonchev–Trinajstić information content (AvgIpc) is 2.91. The smallest absolute Gasteiger partial charge is 0.320 e. The number of likely N-dealkylation sites (N-methyl/N-ethyl adjacent to an activating group) is 1. The van der Waals surface area contributed by atoms with E-state index in [4.69, 9.17) is 5.26 Å². The number of amides is 2. The molecule has 0 aliphatic rings. The Labute approximate surface area is 236 Å². The Morgan fingerprint density at radius 2 is 1.77 bits per heavy atom. The molecule has 2 aromatic rings. The Morgan fingerprint density at radius 1 is 1.08 bits per heavy atom. The van der Waals surface area contributed by atoms with Crippen molar-refractivity contribution in [1.82, 2.24) is 9.80 Å². The minimum absolute atomic E-state index is 0.0678. The van der Waals surface area contributed by atoms with E-state index in [9.17, 15) is 14.4 Å². The molecular formula is C29H39N5O4S. The van der Waals surface area contributed by atoms with Gasteiger partial charge in [-0.2, -0.15) is 5.26 Å². The fraction of sp³-hybridized carbons (Fsp3) is 0.379. The molecule has 2 amide bonds. The number of benzene rings is 2. The van der Waals surface area contributed by atoms with Gasteiger partial charge in [0, 0.05) is 31.5 Å². The first kappa shape index (κ1) is 33.2. The monoisotopic (exact) mass is 553 g/mol. The third kappa shape index (κ3) is 14.1. The van der Waals surface area contributed by atoms with Crippen LogP contribution in [0.3, 0.4) is 0 Å². The Hall–Kier alpha value is -3.81. The standard InChI is InChI=1S/C24H32N4O2S.C5H7NO2/c1-5-28(3)24(30)22(31-4)14-15-25-20-12-9-13-21(16-20)26-23(29)18-27(2)17-19-10-7-6-8-11-19;1-2-8-5(7)3-4-6/h6-16,22,25H,5,17-18H2,1-4H3,(H,26,29);2-3H2,1H3/b15-14-;. The second-order valence-electron chi connectivity index (χ2n) is 8.44. The van der Waals surface area contributed by atoms with Gasteiger partial charge in [-0.3, -0.25) is 19.3 Å². The zero-order valence-corrected chi connectivity index (χ0v) is 24.2. The highest BCUT2D eigenvalue weighted by Gasteiger charge is 2.17. The first-order chi connectivity index (χ1) is 18.7. The van der Waals surface area contributed by atoms with Crippen molar-refractivity contribution in [3.05, 3.63) is 72.4 Å². The maximum atomic E-state index is 12.4. The van der Waals surface area contributed by atoms with Crippen LogP contribution in [0.15, 0.2) is 66.9 Å². The summed E-state index contributed by atoms with van der Waals surface area (Å²) in [5, 5.41) is 13.8. The third-order valence-electron chi connectivity index (χ3n) is 5.25. The lowest BCUT2D eigenvalue weighted by Crippen LogP contribution is -2.33. The number of ether oxygens (including phenoxy) is 1. The number of anilines is 2. The number of rotatable bonds is 13. The minimum Gasteiger partial charge on any atom is -0.465 e. The van der Waals surface area contributed by atoms with Crippen LogP contribution in [0.1, 0.15) is 25.8 Å². The Kier molecular flexibility index (Phi) is 16.4. The predicted molar refractivity (Wildman–Crippen MR) is 158 cm³/mol. The molecule has 1 atom stereocenters. The van der Waals surface area contributed by atoms with Gasteiger partial charge in [0.05, 0.1) is 19.2 Å². The largest absolute Gasteiger partial charge is 0.465 e. The number of hydrogen-bond donors (Lipinski definition) is 2. The lowest BCUT2D eigenvalue weighted by molar-refractivity contribution is -0.141. The molecule has 2 N–H and O–H groups in total. The van der Waals surface area contributed by atoms with E-state index in [1.807, 2.05) is 85.8 Å². The predicted octanol–water partition coefficient (Wildman–Crippen LogP) is 4.36. The van der Waals surface area contributed by atoms with E-state index in [-0.39, 0.29) is 23.5 Å². The van der Waals surface area contributed by atoms with Gasteiger partial charge in [-0.05, 0) is 63.2 Å². The maximum absolute atomic E-state index is 12.4. The fourth-order valence-electron chi connectivity index (χ4n) is 3.23. The summed E-state index contributed by atoms with van der Waals surface area (Å²) in [6, 6.07) is 19.3. The number of hydrogen-bond acceptors (Lipinski definition) is 8. The summed E-state index contributed by atoms with van der Waals surface area (Å²) in [6.07, 6.45) is 5.40. The molecule has 0 aliphatic carbocycles. The van der Waals surface area contributed by atoms with Crippen molar-refractivity contribution in [1.29, 1.82) is 5.26 Å². The van der Waals surface area contributed by atoms with Crippen LogP contribution in [0.2, 0.25) is 0 Å². The van der Waals surface area contributed by atoms with E-state index in [1.54, 1.807) is 31.1 Å². The molecule has 0 saturated heterocycles. The molecule has 0 radical (unpaired) electrons. The van der Waals surface area contributed by atoms with Gasteiger partial charge in [0.25, 0.3) is 0 Å². The number of thioether (sulfide) groups is 1. The number of nitrogens with zero attached hydrogens (tertiary/aromatic N) is 3. The SMILES string of the molecule is CCN(C)C(=O)C(/C=C\Nc1cccc(NC(=O)CN(C)Cc2ccccc2)c1)SC.CCOC(=O)CC#N. The van der Waals surface area contributed by atoms with Gasteiger partial charge in [-0.1, -0.05) is 36.4 Å². The summed E-state index contributed by atoms with van der Waals surface area (Å²) in [4.78, 5) is 38.6. The zero-order chi connectivity index (χ0) is 29.0. The van der Waals surface area contributed by atoms with Crippen molar-refractivity contribution in [3.63, 3.8) is 0 Å². The summed E-state index contributed by atoms with van der Waals surface area (Å²) < 4.78 is 4.42. The van der Waals surface area contributed by atoms with Crippen LogP contribution in [0.25, 0.3) is 0 Å². The molecular weight excluding hydrogens is 514 g/mol. The minimum atomic E-state index is -0.449. The van der Waals surface area contributed by atoms with Gasteiger partial charge in [0.2, 0.25) is 11.8 Å². The van der Waals surface area contributed by atoms with Crippen LogP contribution in [0, 0.1) is 11.3 Å². The normalized spacial score (nSPS) is 11.1. The number of nitriles is 1. The quantitative estimate of drug-likeness (QED) is 0.352. The second kappa shape index (κ2) is 19.3. The van der Waals surface area contributed by atoms with E-state index in [1.165, 1.54) is 17.3 Å². The molecule has 0 aromatic heterocycles. The van der Waals surface area contributed by atoms with Crippen LogP contribution in [-0.4, -0.2) is 72.9 Å². The van der Waals surface area contributed by atoms with Gasteiger partial charge in [0.1, 0.15) is 11.7 Å². The van der Waals surface area contributed by atoms with E-state index < -0.39 is 5.97 Å². The molecule has 0 saturated carbocycles. The van der Waals surface area contributed by atoms with Crippen molar-refractivity contribution < 1.29 is 19.1 Å². The van der Waals surface area contributed by atoms with Gasteiger partial charge in [-0.25, -0.2) is 0 Å². The third-order valence-corrected chi connectivity index (χ3v) is 6.12. The molecule has 1 unspecified atom stereocenters. The van der Waals surface area contributed by atoms with Crippen molar-refractivity contribution in [2.45, 2.75) is 32.1 Å². The van der Waals surface area contributed by atoms with Gasteiger partial charge >= 0.3 is 5.97 Å². The lowest BCUT2D eigenvalue weighted by Gasteiger charge is -2.18. The summed E-state index contributed by atoms with van der Waals surface area (Å²) >= 11 is 1.49. The number of nitrogens with one attached hydrogen (secondary N) is 2. The lowest BCUT2D eigenvalue weighted by atomic mass is 10.2. The molecule has 2 rings (SSSR count). The van der Waals surface area contributed by atoms with Crippen LogP contribution in [0.4, 0.5) is 11.4 Å². The zero-order valence-electron chi connectivity index (χ0n) is 23.3. The van der Waals surface area contributed by atoms with Crippen LogP contribution in [-0.2, 0) is 25.7 Å². The van der Waals surface area contributed by atoms with Gasteiger partial charge in [0.15, 0.2) is 0 Å². The van der Waals surface area contributed by atoms with E-state index in [0.717, 1.165) is 11.4 Å². The van der Waals surface area contributed by atoms with Crippen LogP contribution < -0.4 is 10.6 Å². The molecule has 10 heteroatoms. The number of carbonyl (C=O) groups excluding carboxylic acids is 3. The highest BCUT2D eigenvalue weighted by molar-refractivity contribution is 8.00. The van der Waals surface area contributed by atoms with Crippen LogP contribution >= 0.6 is 11.8 Å². The summed E-state index contributed by atoms with van der Waals surface area (Å²) in [5.74, 6) is -0.439. The van der Waals surface area contributed by atoms with Crippen molar-refractivity contribution in [3.8, 4) is 6.07 Å². The molecule has 2 aromatic carbocycles. The van der Waals surface area contributed by atoms with Gasteiger partial charge < -0.3 is 20.3 Å². The molecule has 0 aliphatic heterocycles. The maximum Gasteiger partial charge on any atom is 0.320 e. The van der Waals surface area contributed by atoms with E-state index in [2.05, 4.69) is 15.4 Å². The highest BCUT2D eigenvalue weighted by atomic mass is 32.2. The summed E-state index contributed by atoms with van der Waals surface area (Å²) in [7, 11) is 3.73. The molecule has 210 valence electrons. The second-order valence-corrected chi connectivity index (χ2v) is 9.42. The number of carbonyl (C=O) groups is 3. The molecule has 9 nitrogen and oxygen atoms in total. The summed E-state index contributed by atoms with van der Waals surface area (Å²) in [5.41, 5.74) is 2.73. The van der Waals surface area contributed by atoms with Gasteiger partial charge in [-0.15, -0.1) is 11.8 Å². The Bertz CT molecular complexity index is 1100. The van der Waals surface area contributed by atoms with Crippen molar-refractivity contribution >= 4 is 40.9 Å². The molecule has 0 heterocycles. The Balaban J connectivity index is 0.000000824. The topological polar surface area (TPSA) is 115 Å². The first-order valence-corrected chi connectivity index (χ1v) is 13.9. The molecule has 0 spiro atoms. The van der Waals surface area contributed by atoms with E-state index in [0.29, 0.717) is 26.2 Å². The van der Waals surface area contributed by atoms with Crippen molar-refractivity contribution in [2.75, 3.05) is 50.7 Å². The first-order valence-electron chi connectivity index (χ1n) is 12.6.